The molecule has 0 aliphatic heterocycles. The molecule has 0 saturated carbocycles. The summed E-state index contributed by atoms with van der Waals surface area (Å²) in [5, 5.41) is 0. The van der Waals surface area contributed by atoms with Crippen LogP contribution < -0.4 is 5.73 Å². The van der Waals surface area contributed by atoms with Crippen LogP contribution in [-0.2, 0) is 6.42 Å². The van der Waals surface area contributed by atoms with Gasteiger partial charge in [-0.2, -0.15) is 0 Å². The van der Waals surface area contributed by atoms with Crippen molar-refractivity contribution in [3.05, 3.63) is 56.7 Å². The van der Waals surface area contributed by atoms with Crippen LogP contribution in [-0.4, -0.2) is 0 Å². The Hall–Kier alpha value is -0.830. The number of thiophene rings is 1. The lowest BCUT2D eigenvalue weighted by Gasteiger charge is -2.11. The van der Waals surface area contributed by atoms with Gasteiger partial charge in [-0.1, -0.05) is 49.2 Å². The second-order valence-corrected chi connectivity index (χ2v) is 5.86. The first-order valence-electron chi connectivity index (χ1n) is 5.80. The van der Waals surface area contributed by atoms with Crippen LogP contribution in [0.4, 0.5) is 0 Å². The van der Waals surface area contributed by atoms with E-state index in [9.17, 15) is 0 Å². The number of rotatable bonds is 4. The van der Waals surface area contributed by atoms with Gasteiger partial charge in [0.1, 0.15) is 0 Å². The molecule has 3 heteroatoms. The molecular formula is C14H16ClNS. The predicted molar refractivity (Wildman–Crippen MR) is 75.8 cm³/mol. The van der Waals surface area contributed by atoms with E-state index in [1.54, 1.807) is 11.3 Å². The second-order valence-electron chi connectivity index (χ2n) is 4.11. The van der Waals surface area contributed by atoms with E-state index in [1.165, 1.54) is 5.56 Å². The number of halogens is 1. The molecule has 1 heterocycles. The zero-order valence-electron chi connectivity index (χ0n) is 9.82. The molecule has 0 spiro atoms. The summed E-state index contributed by atoms with van der Waals surface area (Å²) in [6.45, 7) is 2.19. The van der Waals surface area contributed by atoms with E-state index in [4.69, 9.17) is 17.3 Å². The SMILES string of the molecule is CCCc1cccc(C(N)c2ccc(Cl)s2)c1. The summed E-state index contributed by atoms with van der Waals surface area (Å²) in [5.41, 5.74) is 8.76. The van der Waals surface area contributed by atoms with Crippen LogP contribution in [0.25, 0.3) is 0 Å². The van der Waals surface area contributed by atoms with Crippen LogP contribution in [0.15, 0.2) is 36.4 Å². The Kier molecular flexibility index (Phi) is 4.21. The fourth-order valence-corrected chi connectivity index (χ4v) is 2.98. The van der Waals surface area contributed by atoms with Crippen molar-refractivity contribution in [3.8, 4) is 0 Å². The maximum absolute atomic E-state index is 6.25. The summed E-state index contributed by atoms with van der Waals surface area (Å²) >= 11 is 7.49. The van der Waals surface area contributed by atoms with Gasteiger partial charge in [0.05, 0.1) is 10.4 Å². The molecule has 1 atom stereocenters. The largest absolute Gasteiger partial charge is 0.320 e. The fourth-order valence-electron chi connectivity index (χ4n) is 1.89. The first-order valence-corrected chi connectivity index (χ1v) is 7.00. The normalized spacial score (nSPS) is 12.6. The van der Waals surface area contributed by atoms with Crippen LogP contribution in [0.2, 0.25) is 4.34 Å². The number of nitrogens with two attached hydrogens (primary N) is 1. The minimum Gasteiger partial charge on any atom is -0.320 e. The molecule has 0 saturated heterocycles. The monoisotopic (exact) mass is 265 g/mol. The third-order valence-corrected chi connectivity index (χ3v) is 4.06. The maximum atomic E-state index is 6.25. The molecule has 2 aromatic rings. The smallest absolute Gasteiger partial charge is 0.0931 e. The highest BCUT2D eigenvalue weighted by molar-refractivity contribution is 7.16. The van der Waals surface area contributed by atoms with Crippen molar-refractivity contribution >= 4 is 22.9 Å². The summed E-state index contributed by atoms with van der Waals surface area (Å²) < 4.78 is 0.792. The van der Waals surface area contributed by atoms with Crippen LogP contribution >= 0.6 is 22.9 Å². The van der Waals surface area contributed by atoms with Crippen molar-refractivity contribution in [1.29, 1.82) is 0 Å². The van der Waals surface area contributed by atoms with E-state index >= 15 is 0 Å². The van der Waals surface area contributed by atoms with Gasteiger partial charge in [-0.25, -0.2) is 0 Å². The third-order valence-electron chi connectivity index (χ3n) is 2.75. The summed E-state index contributed by atoms with van der Waals surface area (Å²) in [6.07, 6.45) is 2.26. The molecule has 17 heavy (non-hydrogen) atoms. The molecule has 2 N–H and O–H groups in total. The zero-order valence-corrected chi connectivity index (χ0v) is 11.4. The van der Waals surface area contributed by atoms with E-state index in [-0.39, 0.29) is 6.04 Å². The third kappa shape index (κ3) is 3.09. The van der Waals surface area contributed by atoms with Crippen LogP contribution in [0, 0.1) is 0 Å². The van der Waals surface area contributed by atoms with Crippen molar-refractivity contribution in [2.45, 2.75) is 25.8 Å². The summed E-state index contributed by atoms with van der Waals surface area (Å²) in [4.78, 5) is 1.11. The highest BCUT2D eigenvalue weighted by Crippen LogP contribution is 2.29. The molecule has 1 unspecified atom stereocenters. The standard InChI is InChI=1S/C14H16ClNS/c1-2-4-10-5-3-6-11(9-10)14(16)12-7-8-13(15)17-12/h3,5-9,14H,2,4,16H2,1H3. The molecule has 0 aliphatic carbocycles. The van der Waals surface area contributed by atoms with Gasteiger partial charge in [0.15, 0.2) is 0 Å². The van der Waals surface area contributed by atoms with E-state index in [0.29, 0.717) is 0 Å². The van der Waals surface area contributed by atoms with E-state index in [1.807, 2.05) is 12.1 Å². The highest BCUT2D eigenvalue weighted by atomic mass is 35.5. The first kappa shape index (κ1) is 12.6. The van der Waals surface area contributed by atoms with Crippen molar-refractivity contribution < 1.29 is 0 Å². The second kappa shape index (κ2) is 5.67. The molecular weight excluding hydrogens is 250 g/mol. The first-order chi connectivity index (χ1) is 8.20. The predicted octanol–water partition coefficient (Wildman–Crippen LogP) is 4.40. The Labute approximate surface area is 111 Å². The Morgan fingerprint density at radius 3 is 2.76 bits per heavy atom. The average Bonchev–Trinajstić information content (AvgIpc) is 2.76. The van der Waals surface area contributed by atoms with Gasteiger partial charge in [-0.3, -0.25) is 0 Å². The van der Waals surface area contributed by atoms with Crippen molar-refractivity contribution in [2.24, 2.45) is 5.73 Å². The Morgan fingerprint density at radius 2 is 2.12 bits per heavy atom. The molecule has 0 fully saturated rings. The highest BCUT2D eigenvalue weighted by Gasteiger charge is 2.11. The number of hydrogen-bond donors (Lipinski definition) is 1. The van der Waals surface area contributed by atoms with Gasteiger partial charge in [-0.15, -0.1) is 11.3 Å². The van der Waals surface area contributed by atoms with E-state index < -0.39 is 0 Å². The Balaban J connectivity index is 2.24. The minimum absolute atomic E-state index is 0.0655. The van der Waals surface area contributed by atoms with Gasteiger partial charge in [0.2, 0.25) is 0 Å². The number of benzene rings is 1. The quantitative estimate of drug-likeness (QED) is 0.871. The number of hydrogen-bond acceptors (Lipinski definition) is 2. The molecule has 1 nitrogen and oxygen atoms in total. The Morgan fingerprint density at radius 1 is 1.29 bits per heavy atom. The van der Waals surface area contributed by atoms with Crippen molar-refractivity contribution in [2.75, 3.05) is 0 Å². The van der Waals surface area contributed by atoms with Crippen molar-refractivity contribution in [1.82, 2.24) is 0 Å². The average molecular weight is 266 g/mol. The van der Waals surface area contributed by atoms with Gasteiger partial charge in [-0.05, 0) is 29.7 Å². The van der Waals surface area contributed by atoms with Gasteiger partial charge < -0.3 is 5.73 Å². The molecule has 1 aromatic heterocycles. The molecule has 90 valence electrons. The molecule has 0 amide bonds. The summed E-state index contributed by atoms with van der Waals surface area (Å²) in [6, 6.07) is 12.3. The Bertz CT molecular complexity index is 492. The van der Waals surface area contributed by atoms with Gasteiger partial charge in [0.25, 0.3) is 0 Å². The molecule has 0 radical (unpaired) electrons. The van der Waals surface area contributed by atoms with E-state index in [0.717, 1.165) is 27.6 Å². The van der Waals surface area contributed by atoms with Crippen LogP contribution in [0.5, 0.6) is 0 Å². The fraction of sp³-hybridized carbons (Fsp3) is 0.286. The molecule has 2 rings (SSSR count). The lowest BCUT2D eigenvalue weighted by Crippen LogP contribution is -2.10. The van der Waals surface area contributed by atoms with Crippen LogP contribution in [0.1, 0.15) is 35.4 Å². The molecule has 1 aromatic carbocycles. The lowest BCUT2D eigenvalue weighted by molar-refractivity contribution is 0.875. The van der Waals surface area contributed by atoms with Crippen LogP contribution in [0.3, 0.4) is 0 Å². The number of aryl methyl sites for hydroxylation is 1. The van der Waals surface area contributed by atoms with Gasteiger partial charge >= 0.3 is 0 Å². The summed E-state index contributed by atoms with van der Waals surface area (Å²) in [7, 11) is 0. The maximum Gasteiger partial charge on any atom is 0.0931 e. The molecule has 0 aliphatic rings. The zero-order chi connectivity index (χ0) is 12.3. The molecule has 0 bridgehead atoms. The van der Waals surface area contributed by atoms with Gasteiger partial charge in [0, 0.05) is 4.88 Å². The minimum atomic E-state index is -0.0655. The van der Waals surface area contributed by atoms with E-state index in [2.05, 4.69) is 31.2 Å². The van der Waals surface area contributed by atoms with Crippen molar-refractivity contribution in [3.63, 3.8) is 0 Å². The lowest BCUT2D eigenvalue weighted by atomic mass is 10.0. The summed E-state index contributed by atoms with van der Waals surface area (Å²) in [5.74, 6) is 0. The topological polar surface area (TPSA) is 26.0 Å².